The topological polar surface area (TPSA) is 57.2 Å². The predicted molar refractivity (Wildman–Crippen MR) is 87.3 cm³/mol. The van der Waals surface area contributed by atoms with E-state index < -0.39 is 10.1 Å². The van der Waals surface area contributed by atoms with Crippen LogP contribution in [0.15, 0.2) is 77.0 Å². The van der Waals surface area contributed by atoms with Crippen molar-refractivity contribution in [3.8, 4) is 0 Å². The minimum Gasteiger partial charge on any atom is -0.744 e. The molecule has 0 saturated carbocycles. The molecule has 0 atom stereocenters. The lowest BCUT2D eigenvalue weighted by Crippen LogP contribution is -3.61. The lowest BCUT2D eigenvalue weighted by Gasteiger charge is -2.05. The van der Waals surface area contributed by atoms with E-state index in [4.69, 9.17) is 0 Å². The van der Waals surface area contributed by atoms with Crippen molar-refractivity contribution in [1.82, 2.24) is 0 Å². The molecule has 0 aliphatic heterocycles. The Bertz CT molecular complexity index is 812. The predicted octanol–water partition coefficient (Wildman–Crippen LogP) is 0.776. The Balaban J connectivity index is 0.000000168. The van der Waals surface area contributed by atoms with Crippen LogP contribution in [0.5, 0.6) is 0 Å². The van der Waals surface area contributed by atoms with Crippen molar-refractivity contribution in [2.75, 3.05) is 0 Å². The van der Waals surface area contributed by atoms with Crippen molar-refractivity contribution in [2.45, 2.75) is 11.8 Å². The third kappa shape index (κ3) is 6.42. The van der Waals surface area contributed by atoms with Gasteiger partial charge in [0, 0.05) is 6.07 Å². The van der Waals surface area contributed by atoms with Gasteiger partial charge in [0.05, 0.1) is 4.90 Å². The number of hydrogen-bond donors (Lipinski definition) is 0. The van der Waals surface area contributed by atoms with Gasteiger partial charge in [-0.05, 0) is 42.6 Å². The summed E-state index contributed by atoms with van der Waals surface area (Å²) < 4.78 is 34.2. The number of aryl methyl sites for hydroxylation is 1. The lowest BCUT2D eigenvalue weighted by atomic mass is 10.2. The van der Waals surface area contributed by atoms with E-state index in [0.717, 1.165) is 5.56 Å². The Morgan fingerprint density at radius 1 is 0.913 bits per heavy atom. The third-order valence-electron chi connectivity index (χ3n) is 2.73. The van der Waals surface area contributed by atoms with Gasteiger partial charge in [0.1, 0.15) is 10.1 Å². The highest BCUT2D eigenvalue weighted by molar-refractivity contribution is 7.85. The van der Waals surface area contributed by atoms with Gasteiger partial charge in [-0.25, -0.2) is 8.42 Å². The summed E-state index contributed by atoms with van der Waals surface area (Å²) in [6, 6.07) is 20.9. The Morgan fingerprint density at radius 2 is 1.57 bits per heavy atom. The molecule has 0 unspecified atom stereocenters. The largest absolute Gasteiger partial charge is 0.744 e. The third-order valence-corrected chi connectivity index (χ3v) is 7.75. The van der Waals surface area contributed by atoms with Crippen molar-refractivity contribution in [2.24, 2.45) is 0 Å². The smallest absolute Gasteiger partial charge is 0.369 e. The maximum Gasteiger partial charge on any atom is 0.369 e. The second-order valence-electron chi connectivity index (χ2n) is 4.57. The van der Waals surface area contributed by atoms with Crippen molar-refractivity contribution in [1.29, 1.82) is 0 Å². The number of rotatable bonds is 3. The first-order valence-electron chi connectivity index (χ1n) is 6.71. The monoisotopic (exact) mass is 458 g/mol. The summed E-state index contributed by atoms with van der Waals surface area (Å²) in [6.45, 7) is 1.82. The van der Waals surface area contributed by atoms with Crippen LogP contribution in [0.25, 0.3) is 0 Å². The zero-order valence-electron chi connectivity index (χ0n) is 12.3. The first kappa shape index (κ1) is 18.1. The molecule has 23 heavy (non-hydrogen) atoms. The molecule has 0 saturated heterocycles. The zero-order valence-corrected chi connectivity index (χ0v) is 16.1. The molecule has 120 valence electrons. The van der Waals surface area contributed by atoms with Crippen molar-refractivity contribution < 1.29 is 34.2 Å². The van der Waals surface area contributed by atoms with Gasteiger partial charge in [0.25, 0.3) is 0 Å². The molecule has 0 radical (unpaired) electrons. The Kier molecular flexibility index (Phi) is 6.76. The summed E-state index contributed by atoms with van der Waals surface area (Å²) in [7, 11) is -4.27. The molecular weight excluding hydrogens is 443 g/mol. The summed E-state index contributed by atoms with van der Waals surface area (Å²) in [5.74, 6) is 0. The molecule has 3 aromatic rings. The second-order valence-corrected chi connectivity index (χ2v) is 10.6. The Morgan fingerprint density at radius 3 is 2.09 bits per heavy atom. The molecule has 3 rings (SSSR count). The first-order chi connectivity index (χ1) is 10.9. The summed E-state index contributed by atoms with van der Waals surface area (Å²) in [5.41, 5.74) is 0.928. The van der Waals surface area contributed by atoms with Crippen LogP contribution in [0.2, 0.25) is 0 Å². The van der Waals surface area contributed by atoms with E-state index in [-0.39, 0.29) is 26.1 Å². The molecule has 1 heterocycles. The van der Waals surface area contributed by atoms with E-state index in [0.29, 0.717) is 0 Å². The number of hydrogen-bond acceptors (Lipinski definition) is 4. The van der Waals surface area contributed by atoms with Crippen LogP contribution < -0.4 is 21.2 Å². The average Bonchev–Trinajstić information content (AvgIpc) is 3.01. The van der Waals surface area contributed by atoms with Gasteiger partial charge >= 0.3 is 21.2 Å². The van der Waals surface area contributed by atoms with Gasteiger partial charge in [-0.3, -0.25) is 0 Å². The molecule has 6 heteroatoms. The zero-order chi connectivity index (χ0) is 16.7. The molecule has 0 fully saturated rings. The molecule has 0 aliphatic rings. The van der Waals surface area contributed by atoms with Crippen LogP contribution in [0.4, 0.5) is 0 Å². The molecule has 2 aromatic carbocycles. The average molecular weight is 458 g/mol. The van der Waals surface area contributed by atoms with Crippen LogP contribution in [0.3, 0.4) is 0 Å². The van der Waals surface area contributed by atoms with E-state index in [1.54, 1.807) is 15.0 Å². The molecule has 0 spiro atoms. The highest BCUT2D eigenvalue weighted by Gasteiger charge is 2.14. The SMILES string of the molecule is Cc1ccc(S(=O)(=O)[O-])cc1.c1ccc([I+]c2cccs2)cc1. The molecular formula is C17H15IO3S2. The van der Waals surface area contributed by atoms with E-state index in [1.165, 1.54) is 15.7 Å². The maximum absolute atomic E-state index is 10.4. The number of thiophene rings is 1. The van der Waals surface area contributed by atoms with Crippen molar-refractivity contribution in [3.63, 3.8) is 0 Å². The summed E-state index contributed by atoms with van der Waals surface area (Å²) in [4.78, 5) is -0.178. The second kappa shape index (κ2) is 8.58. The van der Waals surface area contributed by atoms with Gasteiger partial charge in [0.15, 0.2) is 3.57 Å². The minimum atomic E-state index is -4.27. The highest BCUT2D eigenvalue weighted by atomic mass is 127. The fourth-order valence-electron chi connectivity index (χ4n) is 1.60. The minimum absolute atomic E-state index is 0.0848. The van der Waals surface area contributed by atoms with Crippen LogP contribution in [-0.4, -0.2) is 13.0 Å². The number of halogens is 1. The molecule has 3 nitrogen and oxygen atoms in total. The van der Waals surface area contributed by atoms with Crippen LogP contribution in [-0.2, 0) is 10.1 Å². The van der Waals surface area contributed by atoms with Crippen LogP contribution in [0.1, 0.15) is 5.56 Å². The van der Waals surface area contributed by atoms with E-state index >= 15 is 0 Å². The molecule has 1 aromatic heterocycles. The summed E-state index contributed by atoms with van der Waals surface area (Å²) >= 11 is 1.95. The van der Waals surface area contributed by atoms with E-state index in [9.17, 15) is 13.0 Å². The fourth-order valence-corrected chi connectivity index (χ4v) is 5.76. The Hall–Kier alpha value is -1.22. The number of benzene rings is 2. The molecule has 0 amide bonds. The quantitative estimate of drug-likeness (QED) is 0.431. The van der Waals surface area contributed by atoms with Gasteiger partial charge in [0.2, 0.25) is 2.88 Å². The van der Waals surface area contributed by atoms with Gasteiger partial charge in [-0.2, -0.15) is 0 Å². The van der Waals surface area contributed by atoms with Crippen LogP contribution >= 0.6 is 11.3 Å². The van der Waals surface area contributed by atoms with E-state index in [2.05, 4.69) is 47.8 Å². The van der Waals surface area contributed by atoms with Gasteiger partial charge in [-0.15, -0.1) is 0 Å². The summed E-state index contributed by atoms with van der Waals surface area (Å²) in [6.07, 6.45) is 0. The Labute approximate surface area is 151 Å². The first-order valence-corrected chi connectivity index (χ1v) is 11.2. The summed E-state index contributed by atoms with van der Waals surface area (Å²) in [5, 5.41) is 2.15. The normalized spacial score (nSPS) is 10.7. The molecule has 0 bridgehead atoms. The lowest BCUT2D eigenvalue weighted by molar-refractivity contribution is -0.591. The van der Waals surface area contributed by atoms with Crippen molar-refractivity contribution >= 4 is 21.5 Å². The van der Waals surface area contributed by atoms with Crippen LogP contribution in [0, 0.1) is 13.4 Å². The molecule has 0 aliphatic carbocycles. The van der Waals surface area contributed by atoms with Gasteiger partial charge < -0.3 is 4.55 Å². The van der Waals surface area contributed by atoms with Crippen molar-refractivity contribution in [3.05, 3.63) is 84.1 Å². The highest BCUT2D eigenvalue weighted by Crippen LogP contribution is 2.08. The van der Waals surface area contributed by atoms with E-state index in [1.807, 2.05) is 18.3 Å². The maximum atomic E-state index is 10.4. The fraction of sp³-hybridized carbons (Fsp3) is 0.0588. The molecule has 0 N–H and O–H groups in total. The van der Waals surface area contributed by atoms with Gasteiger partial charge in [-0.1, -0.05) is 47.2 Å². The standard InChI is InChI=1S/C10H8IS.C7H8O3S/c1-2-5-9(6-3-1)11-10-7-4-8-12-10;1-6-2-4-7(5-3-6)11(8,9)10/h1-8H;2-5H,1H3,(H,8,9,10)/q+1;/p-1.